The minimum atomic E-state index is -1.24. The fourth-order valence-electron chi connectivity index (χ4n) is 1.87. The molecule has 1 aliphatic heterocycles. The predicted molar refractivity (Wildman–Crippen MR) is 55.2 cm³/mol. The van der Waals surface area contributed by atoms with Gasteiger partial charge in [-0.05, 0) is 11.3 Å². The second-order valence-corrected chi connectivity index (χ2v) is 5.32. The maximum Gasteiger partial charge on any atom is 0.242 e. The van der Waals surface area contributed by atoms with Gasteiger partial charge in [0.15, 0.2) is 0 Å². The minimum Gasteiger partial charge on any atom is -0.389 e. The van der Waals surface area contributed by atoms with Crippen LogP contribution in [0.15, 0.2) is 0 Å². The Morgan fingerprint density at radius 2 is 2.27 bits per heavy atom. The van der Waals surface area contributed by atoms with E-state index in [1.165, 1.54) is 6.92 Å². The first-order chi connectivity index (χ1) is 6.82. The molecule has 1 saturated heterocycles. The van der Waals surface area contributed by atoms with E-state index in [4.69, 9.17) is 9.84 Å². The summed E-state index contributed by atoms with van der Waals surface area (Å²) in [6.45, 7) is 6.34. The lowest BCUT2D eigenvalue weighted by Gasteiger charge is -2.29. The highest BCUT2D eigenvalue weighted by atomic mass is 16.6. The molecule has 0 amide bonds. The molecule has 0 aliphatic carbocycles. The number of rotatable bonds is 4. The van der Waals surface area contributed by atoms with Crippen LogP contribution in [0.3, 0.4) is 0 Å². The number of aliphatic hydroxyl groups excluding tert-OH is 1. The molecule has 0 aromatic carbocycles. The molecule has 5 nitrogen and oxygen atoms in total. The van der Waals surface area contributed by atoms with Crippen molar-refractivity contribution in [3.8, 4) is 0 Å². The van der Waals surface area contributed by atoms with Crippen LogP contribution in [0.25, 0.3) is 0 Å². The molecule has 0 radical (unpaired) electrons. The summed E-state index contributed by atoms with van der Waals surface area (Å²) in [4.78, 5) is 10.5. The van der Waals surface area contributed by atoms with Crippen molar-refractivity contribution >= 4 is 0 Å². The van der Waals surface area contributed by atoms with Crippen LogP contribution in [-0.2, 0) is 4.74 Å². The van der Waals surface area contributed by atoms with Gasteiger partial charge in [-0.25, -0.2) is 0 Å². The molecule has 2 atom stereocenters. The van der Waals surface area contributed by atoms with Gasteiger partial charge >= 0.3 is 0 Å². The van der Waals surface area contributed by atoms with Crippen LogP contribution in [0, 0.1) is 21.4 Å². The van der Waals surface area contributed by atoms with Gasteiger partial charge in [-0.1, -0.05) is 13.8 Å². The molecule has 0 saturated carbocycles. The third-order valence-electron chi connectivity index (χ3n) is 3.37. The first kappa shape index (κ1) is 12.4. The normalized spacial score (nSPS) is 28.7. The summed E-state index contributed by atoms with van der Waals surface area (Å²) in [7, 11) is 0. The third-order valence-corrected chi connectivity index (χ3v) is 3.37. The Kier molecular flexibility index (Phi) is 3.35. The summed E-state index contributed by atoms with van der Waals surface area (Å²) in [5.41, 5.74) is -1.28. The van der Waals surface area contributed by atoms with Crippen molar-refractivity contribution in [1.29, 1.82) is 0 Å². The molecule has 1 N–H and O–H groups in total. The van der Waals surface area contributed by atoms with Crippen LogP contribution < -0.4 is 0 Å². The van der Waals surface area contributed by atoms with Crippen molar-refractivity contribution in [1.82, 2.24) is 0 Å². The zero-order chi connectivity index (χ0) is 11.7. The average molecular weight is 217 g/mol. The Bertz CT molecular complexity index is 254. The molecule has 88 valence electrons. The molecule has 5 heteroatoms. The highest BCUT2D eigenvalue weighted by Gasteiger charge is 2.45. The summed E-state index contributed by atoms with van der Waals surface area (Å²) in [5.74, 6) is 0.139. The fraction of sp³-hybridized carbons (Fsp3) is 1.00. The average Bonchev–Trinajstić information content (AvgIpc) is 2.45. The van der Waals surface area contributed by atoms with E-state index in [9.17, 15) is 10.1 Å². The molecule has 0 spiro atoms. The molecular weight excluding hydrogens is 198 g/mol. The van der Waals surface area contributed by atoms with Crippen LogP contribution >= 0.6 is 0 Å². The SMILES string of the molecule is CC1(C)COCC1CC(C)(CO)[N+](=O)[O-]. The second-order valence-electron chi connectivity index (χ2n) is 5.32. The van der Waals surface area contributed by atoms with Crippen molar-refractivity contribution < 1.29 is 14.8 Å². The number of nitrogens with zero attached hydrogens (tertiary/aromatic N) is 1. The summed E-state index contributed by atoms with van der Waals surface area (Å²) in [6.07, 6.45) is 0.365. The first-order valence-electron chi connectivity index (χ1n) is 5.15. The largest absolute Gasteiger partial charge is 0.389 e. The van der Waals surface area contributed by atoms with Crippen molar-refractivity contribution in [3.63, 3.8) is 0 Å². The van der Waals surface area contributed by atoms with E-state index in [-0.39, 0.29) is 16.3 Å². The Labute approximate surface area is 89.6 Å². The lowest BCUT2D eigenvalue weighted by molar-refractivity contribution is -0.571. The van der Waals surface area contributed by atoms with Crippen LogP contribution in [0.4, 0.5) is 0 Å². The Balaban J connectivity index is 2.71. The molecule has 1 fully saturated rings. The van der Waals surface area contributed by atoms with Crippen molar-refractivity contribution in [2.75, 3.05) is 19.8 Å². The molecule has 0 aromatic heterocycles. The minimum absolute atomic E-state index is 0.0353. The number of hydrogen-bond acceptors (Lipinski definition) is 4. The van der Waals surface area contributed by atoms with Crippen LogP contribution in [0.1, 0.15) is 27.2 Å². The topological polar surface area (TPSA) is 72.6 Å². The maximum atomic E-state index is 10.9. The number of ether oxygens (including phenoxy) is 1. The molecule has 1 heterocycles. The zero-order valence-corrected chi connectivity index (χ0v) is 9.52. The predicted octanol–water partition coefficient (Wildman–Crippen LogP) is 1.08. The Morgan fingerprint density at radius 3 is 2.60 bits per heavy atom. The number of nitro groups is 1. The van der Waals surface area contributed by atoms with Gasteiger partial charge < -0.3 is 9.84 Å². The maximum absolute atomic E-state index is 10.9. The van der Waals surface area contributed by atoms with Crippen LogP contribution in [-0.4, -0.2) is 35.4 Å². The highest BCUT2D eigenvalue weighted by molar-refractivity contribution is 4.88. The van der Waals surface area contributed by atoms with Gasteiger partial charge in [-0.15, -0.1) is 0 Å². The van der Waals surface area contributed by atoms with Crippen LogP contribution in [0.5, 0.6) is 0 Å². The summed E-state index contributed by atoms with van der Waals surface area (Å²) < 4.78 is 5.34. The third kappa shape index (κ3) is 2.46. The van der Waals surface area contributed by atoms with Gasteiger partial charge in [0.25, 0.3) is 0 Å². The molecule has 1 rings (SSSR count). The summed E-state index contributed by atoms with van der Waals surface area (Å²) >= 11 is 0. The van der Waals surface area contributed by atoms with Gasteiger partial charge in [0.05, 0.1) is 13.2 Å². The smallest absolute Gasteiger partial charge is 0.242 e. The molecule has 1 aliphatic rings. The van der Waals surface area contributed by atoms with E-state index in [1.54, 1.807) is 0 Å². The van der Waals surface area contributed by atoms with Crippen LogP contribution in [0.2, 0.25) is 0 Å². The quantitative estimate of drug-likeness (QED) is 0.565. The lowest BCUT2D eigenvalue weighted by Crippen LogP contribution is -2.43. The zero-order valence-electron chi connectivity index (χ0n) is 9.52. The summed E-state index contributed by atoms with van der Waals surface area (Å²) in [5, 5.41) is 20.0. The second kappa shape index (κ2) is 4.06. The van der Waals surface area contributed by atoms with Crippen molar-refractivity contribution in [2.45, 2.75) is 32.7 Å². The van der Waals surface area contributed by atoms with E-state index in [1.807, 2.05) is 13.8 Å². The van der Waals surface area contributed by atoms with Gasteiger partial charge in [0.2, 0.25) is 5.54 Å². The Morgan fingerprint density at radius 1 is 1.67 bits per heavy atom. The van der Waals surface area contributed by atoms with E-state index in [0.717, 1.165) is 0 Å². The molecular formula is C10H19NO4. The van der Waals surface area contributed by atoms with E-state index >= 15 is 0 Å². The highest BCUT2D eigenvalue weighted by Crippen LogP contribution is 2.38. The Hall–Kier alpha value is -0.680. The molecule has 2 unspecified atom stereocenters. The monoisotopic (exact) mass is 217 g/mol. The van der Waals surface area contributed by atoms with Gasteiger partial charge in [0.1, 0.15) is 6.61 Å². The van der Waals surface area contributed by atoms with Crippen molar-refractivity contribution in [2.24, 2.45) is 11.3 Å². The van der Waals surface area contributed by atoms with Gasteiger partial charge in [-0.3, -0.25) is 10.1 Å². The van der Waals surface area contributed by atoms with Gasteiger partial charge in [0, 0.05) is 18.3 Å². The number of hydrogen-bond donors (Lipinski definition) is 1. The molecule has 0 aromatic rings. The van der Waals surface area contributed by atoms with Gasteiger partial charge in [-0.2, -0.15) is 0 Å². The van der Waals surface area contributed by atoms with E-state index in [2.05, 4.69) is 0 Å². The van der Waals surface area contributed by atoms with Crippen molar-refractivity contribution in [3.05, 3.63) is 10.1 Å². The lowest BCUT2D eigenvalue weighted by atomic mass is 9.75. The van der Waals surface area contributed by atoms with E-state index in [0.29, 0.717) is 19.6 Å². The standard InChI is InChI=1S/C10H19NO4/c1-9(2)7-15-5-8(9)4-10(3,6-12)11(13)14/h8,12H,4-7H2,1-3H3. The summed E-state index contributed by atoms with van der Waals surface area (Å²) in [6, 6.07) is 0. The molecule has 0 bridgehead atoms. The van der Waals surface area contributed by atoms with E-state index < -0.39 is 12.1 Å². The first-order valence-corrected chi connectivity index (χ1v) is 5.15. The fourth-order valence-corrected chi connectivity index (χ4v) is 1.87. The number of aliphatic hydroxyl groups is 1. The molecule has 15 heavy (non-hydrogen) atoms.